The molecule has 4 nitrogen and oxygen atoms in total. The number of hydrogen-bond donors (Lipinski definition) is 1. The molecule has 1 saturated carbocycles. The molecule has 0 aliphatic heterocycles. The van der Waals surface area contributed by atoms with Gasteiger partial charge in [0, 0.05) is 25.7 Å². The molecule has 0 amide bonds. The fourth-order valence-corrected chi connectivity index (χ4v) is 3.12. The van der Waals surface area contributed by atoms with Crippen molar-refractivity contribution < 1.29 is 0 Å². The van der Waals surface area contributed by atoms with Gasteiger partial charge in [-0.05, 0) is 24.8 Å². The van der Waals surface area contributed by atoms with Gasteiger partial charge in [0.1, 0.15) is 0 Å². The first-order valence-electron chi connectivity index (χ1n) is 6.79. The van der Waals surface area contributed by atoms with Crippen molar-refractivity contribution in [2.45, 2.75) is 45.6 Å². The van der Waals surface area contributed by atoms with Gasteiger partial charge in [0.05, 0.1) is 5.69 Å². The van der Waals surface area contributed by atoms with Crippen molar-refractivity contribution >= 4 is 0 Å². The Hall–Kier alpha value is -0.900. The molecule has 0 saturated heterocycles. The number of nitrogens with zero attached hydrogens (tertiary/aromatic N) is 3. The van der Waals surface area contributed by atoms with E-state index in [1.54, 1.807) is 4.68 Å². The SMILES string of the molecule is CCNC(Cc1cn(C)nn1)C1CCCC1C. The lowest BCUT2D eigenvalue weighted by molar-refractivity contribution is 0.297. The molecule has 96 valence electrons. The topological polar surface area (TPSA) is 42.7 Å². The molecule has 2 rings (SSSR count). The predicted molar refractivity (Wildman–Crippen MR) is 68.7 cm³/mol. The first-order valence-corrected chi connectivity index (χ1v) is 6.79. The van der Waals surface area contributed by atoms with Crippen LogP contribution in [0, 0.1) is 11.8 Å². The van der Waals surface area contributed by atoms with Gasteiger partial charge >= 0.3 is 0 Å². The van der Waals surface area contributed by atoms with Crippen molar-refractivity contribution in [3.05, 3.63) is 11.9 Å². The highest BCUT2D eigenvalue weighted by atomic mass is 15.4. The zero-order chi connectivity index (χ0) is 12.3. The van der Waals surface area contributed by atoms with E-state index in [1.807, 2.05) is 13.2 Å². The average Bonchev–Trinajstić information content (AvgIpc) is 2.87. The third-order valence-corrected chi connectivity index (χ3v) is 3.99. The van der Waals surface area contributed by atoms with Crippen molar-refractivity contribution in [2.24, 2.45) is 18.9 Å². The van der Waals surface area contributed by atoms with Gasteiger partial charge in [0.2, 0.25) is 0 Å². The fraction of sp³-hybridized carbons (Fsp3) is 0.846. The minimum atomic E-state index is 0.564. The summed E-state index contributed by atoms with van der Waals surface area (Å²) in [6, 6.07) is 0.564. The molecule has 1 aromatic rings. The van der Waals surface area contributed by atoms with Gasteiger partial charge in [-0.25, -0.2) is 0 Å². The quantitative estimate of drug-likeness (QED) is 0.847. The molecule has 1 heterocycles. The molecule has 1 aliphatic rings. The fourth-order valence-electron chi connectivity index (χ4n) is 3.12. The second-order valence-electron chi connectivity index (χ2n) is 5.32. The van der Waals surface area contributed by atoms with Crippen LogP contribution in [0.2, 0.25) is 0 Å². The lowest BCUT2D eigenvalue weighted by Gasteiger charge is -2.27. The Balaban J connectivity index is 2.01. The van der Waals surface area contributed by atoms with E-state index in [2.05, 4.69) is 29.5 Å². The van der Waals surface area contributed by atoms with E-state index in [1.165, 1.54) is 19.3 Å². The summed E-state index contributed by atoms with van der Waals surface area (Å²) < 4.78 is 1.79. The molecule has 1 aromatic heterocycles. The number of rotatable bonds is 5. The molecular formula is C13H24N4. The third-order valence-electron chi connectivity index (χ3n) is 3.99. The van der Waals surface area contributed by atoms with E-state index in [4.69, 9.17) is 0 Å². The molecule has 17 heavy (non-hydrogen) atoms. The zero-order valence-corrected chi connectivity index (χ0v) is 11.2. The molecule has 0 radical (unpaired) electrons. The molecular weight excluding hydrogens is 212 g/mol. The van der Waals surface area contributed by atoms with Crippen LogP contribution in [0.4, 0.5) is 0 Å². The van der Waals surface area contributed by atoms with Crippen LogP contribution in [0.3, 0.4) is 0 Å². The summed E-state index contributed by atoms with van der Waals surface area (Å²) >= 11 is 0. The van der Waals surface area contributed by atoms with Gasteiger partial charge in [-0.15, -0.1) is 5.10 Å². The van der Waals surface area contributed by atoms with E-state index in [0.29, 0.717) is 6.04 Å². The summed E-state index contributed by atoms with van der Waals surface area (Å²) in [4.78, 5) is 0. The molecule has 0 aromatic carbocycles. The Bertz CT molecular complexity index is 347. The van der Waals surface area contributed by atoms with Gasteiger partial charge in [-0.1, -0.05) is 31.9 Å². The monoisotopic (exact) mass is 236 g/mol. The average molecular weight is 236 g/mol. The first kappa shape index (κ1) is 12.6. The summed E-state index contributed by atoms with van der Waals surface area (Å²) in [7, 11) is 1.93. The van der Waals surface area contributed by atoms with Gasteiger partial charge < -0.3 is 5.32 Å². The van der Waals surface area contributed by atoms with Crippen LogP contribution in [0.25, 0.3) is 0 Å². The molecule has 0 bridgehead atoms. The molecule has 0 spiro atoms. The van der Waals surface area contributed by atoms with E-state index < -0.39 is 0 Å². The highest BCUT2D eigenvalue weighted by Gasteiger charge is 2.30. The predicted octanol–water partition coefficient (Wildman–Crippen LogP) is 1.77. The minimum absolute atomic E-state index is 0.564. The molecule has 3 unspecified atom stereocenters. The largest absolute Gasteiger partial charge is 0.314 e. The number of aromatic nitrogens is 3. The number of hydrogen-bond acceptors (Lipinski definition) is 3. The van der Waals surface area contributed by atoms with Crippen LogP contribution in [0.15, 0.2) is 6.20 Å². The summed E-state index contributed by atoms with van der Waals surface area (Å²) in [6.07, 6.45) is 7.17. The van der Waals surface area contributed by atoms with Crippen LogP contribution >= 0.6 is 0 Å². The Morgan fingerprint density at radius 2 is 2.35 bits per heavy atom. The maximum atomic E-state index is 4.21. The Morgan fingerprint density at radius 3 is 2.88 bits per heavy atom. The standard InChI is InChI=1S/C13H24N4/c1-4-14-13(12-7-5-6-10(12)2)8-11-9-17(3)16-15-11/h9-10,12-14H,4-8H2,1-3H3. The third kappa shape index (κ3) is 3.06. The zero-order valence-electron chi connectivity index (χ0n) is 11.2. The molecule has 1 fully saturated rings. The molecule has 1 aliphatic carbocycles. The van der Waals surface area contributed by atoms with Crippen LogP contribution < -0.4 is 5.32 Å². The number of nitrogens with one attached hydrogen (secondary N) is 1. The number of likely N-dealkylation sites (N-methyl/N-ethyl adjacent to an activating group) is 1. The lowest BCUT2D eigenvalue weighted by atomic mass is 9.87. The summed E-state index contributed by atoms with van der Waals surface area (Å²) in [6.45, 7) is 5.61. The summed E-state index contributed by atoms with van der Waals surface area (Å²) in [5.74, 6) is 1.65. The van der Waals surface area contributed by atoms with Gasteiger partial charge in [-0.2, -0.15) is 0 Å². The van der Waals surface area contributed by atoms with Crippen molar-refractivity contribution in [1.82, 2.24) is 20.3 Å². The van der Waals surface area contributed by atoms with E-state index in [-0.39, 0.29) is 0 Å². The van der Waals surface area contributed by atoms with Crippen molar-refractivity contribution in [3.63, 3.8) is 0 Å². The van der Waals surface area contributed by atoms with E-state index in [9.17, 15) is 0 Å². The van der Waals surface area contributed by atoms with E-state index in [0.717, 1.165) is 30.5 Å². The van der Waals surface area contributed by atoms with Gasteiger partial charge in [0.15, 0.2) is 0 Å². The van der Waals surface area contributed by atoms with Crippen LogP contribution in [0.5, 0.6) is 0 Å². The van der Waals surface area contributed by atoms with E-state index >= 15 is 0 Å². The van der Waals surface area contributed by atoms with Gasteiger partial charge in [0.25, 0.3) is 0 Å². The highest BCUT2D eigenvalue weighted by molar-refractivity contribution is 4.99. The van der Waals surface area contributed by atoms with Crippen LogP contribution in [-0.4, -0.2) is 27.6 Å². The maximum absolute atomic E-state index is 4.21. The Morgan fingerprint density at radius 1 is 1.53 bits per heavy atom. The van der Waals surface area contributed by atoms with Crippen LogP contribution in [-0.2, 0) is 13.5 Å². The second-order valence-corrected chi connectivity index (χ2v) is 5.32. The maximum Gasteiger partial charge on any atom is 0.0842 e. The normalized spacial score (nSPS) is 26.3. The highest BCUT2D eigenvalue weighted by Crippen LogP contribution is 2.34. The van der Waals surface area contributed by atoms with Crippen LogP contribution in [0.1, 0.15) is 38.8 Å². The molecule has 4 heteroatoms. The summed E-state index contributed by atoms with van der Waals surface area (Å²) in [5.41, 5.74) is 1.11. The molecule has 3 atom stereocenters. The van der Waals surface area contributed by atoms with Crippen molar-refractivity contribution in [1.29, 1.82) is 0 Å². The lowest BCUT2D eigenvalue weighted by Crippen LogP contribution is -2.39. The Labute approximate surface area is 104 Å². The van der Waals surface area contributed by atoms with Gasteiger partial charge in [-0.3, -0.25) is 4.68 Å². The Kier molecular flexibility index (Phi) is 4.15. The van der Waals surface area contributed by atoms with Crippen molar-refractivity contribution in [2.75, 3.05) is 6.54 Å². The second kappa shape index (κ2) is 5.63. The number of aryl methyl sites for hydroxylation is 1. The smallest absolute Gasteiger partial charge is 0.0842 e. The first-order chi connectivity index (χ1) is 8.20. The summed E-state index contributed by atoms with van der Waals surface area (Å²) in [5, 5.41) is 11.9. The van der Waals surface area contributed by atoms with Crippen molar-refractivity contribution in [3.8, 4) is 0 Å². The minimum Gasteiger partial charge on any atom is -0.314 e. The molecule has 1 N–H and O–H groups in total.